The molecule has 0 aliphatic carbocycles. The van der Waals surface area contributed by atoms with Gasteiger partial charge in [-0.25, -0.2) is 0 Å². The van der Waals surface area contributed by atoms with Crippen molar-refractivity contribution in [3.63, 3.8) is 0 Å². The molecule has 0 spiro atoms. The Labute approximate surface area is 204 Å². The van der Waals surface area contributed by atoms with Gasteiger partial charge in [0.15, 0.2) is 0 Å². The molecule has 1 fully saturated rings. The molecule has 1 aliphatic rings. The molecule has 1 saturated heterocycles. The summed E-state index contributed by atoms with van der Waals surface area (Å²) in [7, 11) is 0. The van der Waals surface area contributed by atoms with E-state index in [4.69, 9.17) is 9.47 Å². The molecule has 1 aromatic heterocycles. The van der Waals surface area contributed by atoms with Gasteiger partial charge in [0.2, 0.25) is 0 Å². The lowest BCUT2D eigenvalue weighted by molar-refractivity contribution is 0.183. The van der Waals surface area contributed by atoms with E-state index >= 15 is 0 Å². The Balaban J connectivity index is 0.00000259. The summed E-state index contributed by atoms with van der Waals surface area (Å²) in [6.07, 6.45) is 3.95. The normalized spacial score (nSPS) is 14.1. The molecule has 0 saturated carbocycles. The van der Waals surface area contributed by atoms with Gasteiger partial charge >= 0.3 is 0 Å². The van der Waals surface area contributed by atoms with Crippen LogP contribution in [0.3, 0.4) is 0 Å². The van der Waals surface area contributed by atoms with Gasteiger partial charge < -0.3 is 14.6 Å². The fourth-order valence-corrected chi connectivity index (χ4v) is 4.97. The number of phenols is 1. The Kier molecular flexibility index (Phi) is 7.76. The predicted molar refractivity (Wildman–Crippen MR) is 138 cm³/mol. The van der Waals surface area contributed by atoms with Crippen LogP contribution in [0.4, 0.5) is 0 Å². The van der Waals surface area contributed by atoms with Crippen LogP contribution in [0, 0.1) is 0 Å². The van der Waals surface area contributed by atoms with Crippen molar-refractivity contribution in [1.82, 2.24) is 4.90 Å². The summed E-state index contributed by atoms with van der Waals surface area (Å²) in [4.78, 5) is 3.62. The third-order valence-electron chi connectivity index (χ3n) is 5.91. The number of likely N-dealkylation sites (tertiary alicyclic amines) is 1. The Morgan fingerprint density at radius 1 is 0.879 bits per heavy atom. The summed E-state index contributed by atoms with van der Waals surface area (Å²) < 4.78 is 12.4. The highest BCUT2D eigenvalue weighted by Gasteiger charge is 2.14. The average Bonchev–Trinajstić information content (AvgIpc) is 3.36. The van der Waals surface area contributed by atoms with Gasteiger partial charge in [0.25, 0.3) is 0 Å². The Hall–Kier alpha value is -2.73. The molecule has 3 aromatic carbocycles. The van der Waals surface area contributed by atoms with Crippen molar-refractivity contribution in [3.8, 4) is 33.4 Å². The fraction of sp³-hybridized carbons (Fsp3) is 0.259. The van der Waals surface area contributed by atoms with Crippen molar-refractivity contribution in [3.05, 3.63) is 72.1 Å². The molecule has 33 heavy (non-hydrogen) atoms. The van der Waals surface area contributed by atoms with Crippen LogP contribution < -0.4 is 9.47 Å². The van der Waals surface area contributed by atoms with Gasteiger partial charge in [-0.3, -0.25) is 4.90 Å². The van der Waals surface area contributed by atoms with Crippen LogP contribution in [0.25, 0.3) is 21.2 Å². The molecule has 5 rings (SSSR count). The van der Waals surface area contributed by atoms with Crippen molar-refractivity contribution in [2.45, 2.75) is 19.3 Å². The van der Waals surface area contributed by atoms with Gasteiger partial charge in [-0.2, -0.15) is 0 Å². The number of nitrogens with zero attached hydrogens (tertiary/aromatic N) is 1. The largest absolute Gasteiger partial charge is 0.508 e. The summed E-state index contributed by atoms with van der Waals surface area (Å²) in [6, 6.07) is 21.4. The first-order valence-corrected chi connectivity index (χ1v) is 12.1. The van der Waals surface area contributed by atoms with E-state index in [-0.39, 0.29) is 18.2 Å². The molecule has 2 heterocycles. The van der Waals surface area contributed by atoms with Crippen molar-refractivity contribution < 1.29 is 14.6 Å². The number of hydrogen-bond donors (Lipinski definition) is 1. The average molecular weight is 482 g/mol. The summed E-state index contributed by atoms with van der Waals surface area (Å²) in [5.41, 5.74) is 1.04. The summed E-state index contributed by atoms with van der Waals surface area (Å²) in [5.74, 6) is 2.66. The first kappa shape index (κ1) is 23.4. The second kappa shape index (κ2) is 10.9. The van der Waals surface area contributed by atoms with Crippen LogP contribution in [0.5, 0.6) is 23.0 Å². The van der Waals surface area contributed by atoms with Gasteiger partial charge in [-0.05, 0) is 91.3 Å². The van der Waals surface area contributed by atoms with E-state index in [1.54, 1.807) is 23.5 Å². The van der Waals surface area contributed by atoms with Gasteiger partial charge in [-0.1, -0.05) is 18.6 Å². The van der Waals surface area contributed by atoms with Crippen LogP contribution in [-0.2, 0) is 0 Å². The van der Waals surface area contributed by atoms with Crippen molar-refractivity contribution in [1.29, 1.82) is 0 Å². The smallest absolute Gasteiger partial charge is 0.143 e. The van der Waals surface area contributed by atoms with Crippen LogP contribution in [0.2, 0.25) is 0 Å². The van der Waals surface area contributed by atoms with E-state index < -0.39 is 0 Å². The zero-order valence-electron chi connectivity index (χ0n) is 18.4. The van der Waals surface area contributed by atoms with Crippen LogP contribution >= 0.6 is 23.7 Å². The molecule has 0 unspecified atom stereocenters. The van der Waals surface area contributed by atoms with E-state index in [0.717, 1.165) is 45.0 Å². The highest BCUT2D eigenvalue weighted by molar-refractivity contribution is 7.13. The molecular weight excluding hydrogens is 454 g/mol. The number of rotatable bonds is 7. The number of halogens is 1. The lowest BCUT2D eigenvalue weighted by Gasteiger charge is -2.26. The van der Waals surface area contributed by atoms with Crippen LogP contribution in [0.15, 0.2) is 72.1 Å². The topological polar surface area (TPSA) is 41.9 Å². The molecule has 4 aromatic rings. The second-order valence-corrected chi connectivity index (χ2v) is 9.10. The molecule has 0 bridgehead atoms. The maximum Gasteiger partial charge on any atom is 0.143 e. The SMILES string of the molecule is Cl.Oc1ccc2c(Oc3ccc(OCCN4CCCCC4)cc3)c(-c3cccs3)ccc2c1. The number of ether oxygens (including phenoxy) is 2. The molecule has 172 valence electrons. The zero-order valence-corrected chi connectivity index (χ0v) is 20.0. The molecule has 1 aliphatic heterocycles. The number of fused-ring (bicyclic) bond motifs is 1. The number of thiophene rings is 1. The van der Waals surface area contributed by atoms with Crippen molar-refractivity contribution >= 4 is 34.5 Å². The van der Waals surface area contributed by atoms with Gasteiger partial charge in [-0.15, -0.1) is 23.7 Å². The number of hydrogen-bond acceptors (Lipinski definition) is 5. The summed E-state index contributed by atoms with van der Waals surface area (Å²) in [5, 5.41) is 13.9. The predicted octanol–water partition coefficient (Wildman–Crippen LogP) is 7.35. The second-order valence-electron chi connectivity index (χ2n) is 8.15. The van der Waals surface area contributed by atoms with Gasteiger partial charge in [0.1, 0.15) is 29.6 Å². The van der Waals surface area contributed by atoms with Gasteiger partial charge in [0, 0.05) is 22.4 Å². The minimum absolute atomic E-state index is 0. The van der Waals surface area contributed by atoms with Crippen LogP contribution in [-0.4, -0.2) is 36.2 Å². The molecule has 6 heteroatoms. The Bertz CT molecular complexity index is 1170. The summed E-state index contributed by atoms with van der Waals surface area (Å²) >= 11 is 1.68. The highest BCUT2D eigenvalue weighted by Crippen LogP contribution is 2.42. The minimum Gasteiger partial charge on any atom is -0.508 e. The Morgan fingerprint density at radius 3 is 2.42 bits per heavy atom. The minimum atomic E-state index is 0. The van der Waals surface area contributed by atoms with E-state index in [1.165, 1.54) is 32.4 Å². The van der Waals surface area contributed by atoms with Gasteiger partial charge in [0.05, 0.1) is 0 Å². The maximum atomic E-state index is 9.89. The van der Waals surface area contributed by atoms with E-state index in [1.807, 2.05) is 42.5 Å². The number of benzene rings is 3. The number of aromatic hydroxyl groups is 1. The first-order chi connectivity index (χ1) is 15.8. The third kappa shape index (κ3) is 5.61. The van der Waals surface area contributed by atoms with Crippen molar-refractivity contribution in [2.24, 2.45) is 0 Å². The molecule has 4 nitrogen and oxygen atoms in total. The fourth-order valence-electron chi connectivity index (χ4n) is 4.22. The molecule has 0 amide bonds. The first-order valence-electron chi connectivity index (χ1n) is 11.2. The van der Waals surface area contributed by atoms with E-state index in [9.17, 15) is 5.11 Å². The third-order valence-corrected chi connectivity index (χ3v) is 6.81. The van der Waals surface area contributed by atoms with E-state index in [0.29, 0.717) is 6.61 Å². The molecular formula is C27H28ClNO3S. The van der Waals surface area contributed by atoms with Crippen LogP contribution in [0.1, 0.15) is 19.3 Å². The van der Waals surface area contributed by atoms with Crippen molar-refractivity contribution in [2.75, 3.05) is 26.2 Å². The number of phenolic OH excluding ortho intramolecular Hbond substituents is 1. The highest BCUT2D eigenvalue weighted by atomic mass is 35.5. The standard InChI is InChI=1S/C27H27NO3S.ClH/c29-21-7-13-24-20(19-21)6-12-25(26-5-4-18-32-26)27(24)31-23-10-8-22(9-11-23)30-17-16-28-14-2-1-3-15-28;/h4-13,18-19,29H,1-3,14-17H2;1H. The molecule has 0 atom stereocenters. The molecule has 1 N–H and O–H groups in total. The summed E-state index contributed by atoms with van der Waals surface area (Å²) in [6.45, 7) is 4.05. The maximum absolute atomic E-state index is 9.89. The molecule has 0 radical (unpaired) electrons. The lowest BCUT2D eigenvalue weighted by Crippen LogP contribution is -2.33. The monoisotopic (exact) mass is 481 g/mol. The quantitative estimate of drug-likeness (QED) is 0.299. The zero-order chi connectivity index (χ0) is 21.8. The van der Waals surface area contributed by atoms with E-state index in [2.05, 4.69) is 22.4 Å². The number of piperidine rings is 1. The lowest BCUT2D eigenvalue weighted by atomic mass is 10.0. The Morgan fingerprint density at radius 2 is 1.67 bits per heavy atom.